The van der Waals surface area contributed by atoms with Crippen LogP contribution in [0.25, 0.3) is 0 Å². The molecule has 0 amide bonds. The van der Waals surface area contributed by atoms with Crippen molar-refractivity contribution in [3.8, 4) is 5.75 Å². The van der Waals surface area contributed by atoms with Crippen LogP contribution in [0.15, 0.2) is 63.5 Å². The summed E-state index contributed by atoms with van der Waals surface area (Å²) in [6, 6.07) is 14.6. The first kappa shape index (κ1) is 19.7. The van der Waals surface area contributed by atoms with E-state index in [1.54, 1.807) is 18.2 Å². The standard InChI is InChI=1S/C19H19NO5S/c1-13(20-25-14(2)22)19(23)17-9-8-15(24-11-10-21)12-18(17)26-16-6-4-3-5-7-16/h3-9,12,21H,10-11H2,1-2H3. The summed E-state index contributed by atoms with van der Waals surface area (Å²) >= 11 is 1.41. The molecule has 0 fully saturated rings. The number of carbonyl (C=O) groups excluding carboxylic acids is 2. The van der Waals surface area contributed by atoms with E-state index in [-0.39, 0.29) is 24.7 Å². The third kappa shape index (κ3) is 5.72. The maximum atomic E-state index is 12.7. The summed E-state index contributed by atoms with van der Waals surface area (Å²) in [4.78, 5) is 29.7. The van der Waals surface area contributed by atoms with Crippen LogP contribution in [0, 0.1) is 0 Å². The van der Waals surface area contributed by atoms with Crippen molar-refractivity contribution >= 4 is 29.2 Å². The molecule has 0 unspecified atom stereocenters. The first-order valence-electron chi connectivity index (χ1n) is 7.88. The number of oxime groups is 1. The summed E-state index contributed by atoms with van der Waals surface area (Å²) in [5.41, 5.74) is 0.489. The predicted octanol–water partition coefficient (Wildman–Crippen LogP) is 3.33. The summed E-state index contributed by atoms with van der Waals surface area (Å²) in [5.74, 6) is -0.397. The molecule has 7 heteroatoms. The molecule has 1 N–H and O–H groups in total. The second kappa shape index (κ2) is 9.74. The van der Waals surface area contributed by atoms with Gasteiger partial charge in [-0.25, -0.2) is 4.79 Å². The van der Waals surface area contributed by atoms with Crippen molar-refractivity contribution in [2.75, 3.05) is 13.2 Å². The Balaban J connectivity index is 2.35. The molecule has 0 spiro atoms. The first-order valence-corrected chi connectivity index (χ1v) is 8.70. The molecule has 0 radical (unpaired) electrons. The Hall–Kier alpha value is -2.64. The Kier molecular flexibility index (Phi) is 7.37. The van der Waals surface area contributed by atoms with E-state index in [0.717, 1.165) is 4.90 Å². The van der Waals surface area contributed by atoms with E-state index in [2.05, 4.69) is 9.99 Å². The molecule has 2 rings (SSSR count). The highest BCUT2D eigenvalue weighted by molar-refractivity contribution is 7.99. The van der Waals surface area contributed by atoms with Crippen molar-refractivity contribution in [3.63, 3.8) is 0 Å². The zero-order valence-electron chi connectivity index (χ0n) is 14.5. The van der Waals surface area contributed by atoms with E-state index < -0.39 is 5.97 Å². The normalized spacial score (nSPS) is 11.1. The highest BCUT2D eigenvalue weighted by Crippen LogP contribution is 2.33. The summed E-state index contributed by atoms with van der Waals surface area (Å²) in [6.45, 7) is 2.76. The molecule has 2 aromatic rings. The molecule has 0 heterocycles. The SMILES string of the molecule is CC(=O)ON=C(C)C(=O)c1ccc(OCCO)cc1Sc1ccccc1. The van der Waals surface area contributed by atoms with Crippen molar-refractivity contribution in [2.45, 2.75) is 23.6 Å². The van der Waals surface area contributed by atoms with Gasteiger partial charge in [0.15, 0.2) is 0 Å². The van der Waals surface area contributed by atoms with Crippen molar-refractivity contribution in [3.05, 3.63) is 54.1 Å². The average molecular weight is 373 g/mol. The van der Waals surface area contributed by atoms with E-state index in [0.29, 0.717) is 16.2 Å². The Morgan fingerprint density at radius 1 is 1.12 bits per heavy atom. The number of aliphatic hydroxyl groups excluding tert-OH is 1. The number of hydrogen-bond acceptors (Lipinski definition) is 7. The molecule has 136 valence electrons. The molecule has 0 aromatic heterocycles. The highest BCUT2D eigenvalue weighted by atomic mass is 32.2. The lowest BCUT2D eigenvalue weighted by Gasteiger charge is -2.11. The second-order valence-corrected chi connectivity index (χ2v) is 6.35. The molecule has 0 aliphatic heterocycles. The Bertz CT molecular complexity index is 805. The summed E-state index contributed by atoms with van der Waals surface area (Å²) in [5, 5.41) is 12.5. The van der Waals surface area contributed by atoms with E-state index in [1.807, 2.05) is 30.3 Å². The van der Waals surface area contributed by atoms with Gasteiger partial charge in [-0.2, -0.15) is 0 Å². The second-order valence-electron chi connectivity index (χ2n) is 5.23. The minimum Gasteiger partial charge on any atom is -0.491 e. The predicted molar refractivity (Wildman–Crippen MR) is 98.8 cm³/mol. The van der Waals surface area contributed by atoms with Crippen molar-refractivity contribution in [1.29, 1.82) is 0 Å². The van der Waals surface area contributed by atoms with Crippen molar-refractivity contribution < 1.29 is 24.3 Å². The number of carbonyl (C=O) groups is 2. The van der Waals surface area contributed by atoms with Gasteiger partial charge in [0, 0.05) is 22.3 Å². The van der Waals surface area contributed by atoms with E-state index >= 15 is 0 Å². The molecule has 2 aromatic carbocycles. The lowest BCUT2D eigenvalue weighted by Crippen LogP contribution is -2.13. The molecular weight excluding hydrogens is 354 g/mol. The Morgan fingerprint density at radius 2 is 1.85 bits per heavy atom. The molecule has 0 bridgehead atoms. The number of benzene rings is 2. The van der Waals surface area contributed by atoms with Crippen molar-refractivity contribution in [2.24, 2.45) is 5.16 Å². The summed E-state index contributed by atoms with van der Waals surface area (Å²) in [7, 11) is 0. The lowest BCUT2D eigenvalue weighted by atomic mass is 10.1. The molecule has 0 aliphatic carbocycles. The Labute approximate surface area is 155 Å². The van der Waals surface area contributed by atoms with Gasteiger partial charge in [0.05, 0.1) is 6.61 Å². The molecule has 6 nitrogen and oxygen atoms in total. The smallest absolute Gasteiger partial charge is 0.331 e. The molecular formula is C19H19NO5S. The molecule has 0 saturated heterocycles. The highest BCUT2D eigenvalue weighted by Gasteiger charge is 2.17. The van der Waals surface area contributed by atoms with Gasteiger partial charge < -0.3 is 14.7 Å². The van der Waals surface area contributed by atoms with Gasteiger partial charge in [-0.05, 0) is 37.3 Å². The van der Waals surface area contributed by atoms with Crippen LogP contribution in [0.4, 0.5) is 0 Å². The van der Waals surface area contributed by atoms with Crippen LogP contribution in [0.2, 0.25) is 0 Å². The van der Waals surface area contributed by atoms with Gasteiger partial charge in [0.25, 0.3) is 0 Å². The van der Waals surface area contributed by atoms with Gasteiger partial charge in [-0.15, -0.1) is 0 Å². The maximum Gasteiger partial charge on any atom is 0.331 e. The fourth-order valence-corrected chi connectivity index (χ4v) is 3.01. The van der Waals surface area contributed by atoms with Crippen LogP contribution in [-0.2, 0) is 9.63 Å². The monoisotopic (exact) mass is 373 g/mol. The van der Waals surface area contributed by atoms with Crippen molar-refractivity contribution in [1.82, 2.24) is 0 Å². The number of ketones is 1. The zero-order chi connectivity index (χ0) is 18.9. The number of aliphatic hydroxyl groups is 1. The first-order chi connectivity index (χ1) is 12.5. The minimum absolute atomic E-state index is 0.0686. The number of nitrogens with zero attached hydrogens (tertiary/aromatic N) is 1. The molecule has 26 heavy (non-hydrogen) atoms. The molecule has 0 aliphatic rings. The largest absolute Gasteiger partial charge is 0.491 e. The van der Waals surface area contributed by atoms with Gasteiger partial charge in [0.2, 0.25) is 5.78 Å². The minimum atomic E-state index is -0.594. The number of Topliss-reactive ketones (excluding diaryl/α,β-unsaturated/α-hetero) is 1. The molecule has 0 saturated carbocycles. The third-order valence-electron chi connectivity index (χ3n) is 3.17. The summed E-state index contributed by atoms with van der Waals surface area (Å²) in [6.07, 6.45) is 0. The number of hydrogen-bond donors (Lipinski definition) is 1. The topological polar surface area (TPSA) is 85.2 Å². The fraction of sp³-hybridized carbons (Fsp3) is 0.211. The third-order valence-corrected chi connectivity index (χ3v) is 4.23. The number of ether oxygens (including phenoxy) is 1. The van der Waals surface area contributed by atoms with Crippen LogP contribution >= 0.6 is 11.8 Å². The average Bonchev–Trinajstić information content (AvgIpc) is 2.65. The van der Waals surface area contributed by atoms with Crippen LogP contribution in [-0.4, -0.2) is 35.8 Å². The zero-order valence-corrected chi connectivity index (χ0v) is 15.3. The fourth-order valence-electron chi connectivity index (χ4n) is 2.01. The maximum absolute atomic E-state index is 12.7. The quantitative estimate of drug-likeness (QED) is 0.331. The summed E-state index contributed by atoms with van der Waals surface area (Å²) < 4.78 is 5.43. The van der Waals surface area contributed by atoms with Crippen LogP contribution < -0.4 is 4.74 Å². The van der Waals surface area contributed by atoms with Crippen LogP contribution in [0.1, 0.15) is 24.2 Å². The number of rotatable bonds is 8. The Morgan fingerprint density at radius 3 is 2.50 bits per heavy atom. The van der Waals surface area contributed by atoms with E-state index in [9.17, 15) is 9.59 Å². The molecule has 0 atom stereocenters. The van der Waals surface area contributed by atoms with Gasteiger partial charge in [-0.1, -0.05) is 35.1 Å². The van der Waals surface area contributed by atoms with Gasteiger partial charge in [-0.3, -0.25) is 4.79 Å². The van der Waals surface area contributed by atoms with E-state index in [1.165, 1.54) is 25.6 Å². The van der Waals surface area contributed by atoms with Gasteiger partial charge in [0.1, 0.15) is 18.1 Å². The lowest BCUT2D eigenvalue weighted by molar-refractivity contribution is -0.140. The van der Waals surface area contributed by atoms with Gasteiger partial charge >= 0.3 is 5.97 Å². The van der Waals surface area contributed by atoms with Crippen LogP contribution in [0.3, 0.4) is 0 Å². The van der Waals surface area contributed by atoms with E-state index in [4.69, 9.17) is 9.84 Å². The van der Waals surface area contributed by atoms with Crippen LogP contribution in [0.5, 0.6) is 5.75 Å².